The highest BCUT2D eigenvalue weighted by atomic mass is 14.9. The number of rotatable bonds is 5. The molecule has 0 fully saturated rings. The molecule has 4 nitrogen and oxygen atoms in total. The van der Waals surface area contributed by atoms with Gasteiger partial charge >= 0.3 is 0 Å². The Bertz CT molecular complexity index is 2560. The quantitative estimate of drug-likeness (QED) is 0.184. The third-order valence-corrected chi connectivity index (χ3v) is 10.0. The fourth-order valence-corrected chi connectivity index (χ4v) is 7.57. The zero-order valence-corrected chi connectivity index (χ0v) is 28.1. The van der Waals surface area contributed by atoms with Crippen LogP contribution in [0.15, 0.2) is 183 Å². The van der Waals surface area contributed by atoms with Gasteiger partial charge in [-0.15, -0.1) is 0 Å². The molecule has 0 amide bonds. The van der Waals surface area contributed by atoms with Crippen LogP contribution in [0.1, 0.15) is 0 Å². The molecule has 0 saturated heterocycles. The van der Waals surface area contributed by atoms with E-state index >= 15 is 0 Å². The third kappa shape index (κ3) is 5.17. The van der Waals surface area contributed by atoms with Crippen LogP contribution in [-0.2, 0) is 0 Å². The minimum atomic E-state index is 0.667. The van der Waals surface area contributed by atoms with Crippen molar-refractivity contribution in [1.29, 1.82) is 0 Å². The van der Waals surface area contributed by atoms with E-state index in [1.807, 2.05) is 24.8 Å². The molecule has 0 spiro atoms. The predicted molar refractivity (Wildman–Crippen MR) is 215 cm³/mol. The first-order chi connectivity index (χ1) is 25.8. The van der Waals surface area contributed by atoms with Gasteiger partial charge in [0.15, 0.2) is 5.82 Å². The Balaban J connectivity index is 1.28. The van der Waals surface area contributed by atoms with E-state index in [4.69, 9.17) is 9.97 Å². The Morgan fingerprint density at radius 3 is 1.23 bits per heavy atom. The summed E-state index contributed by atoms with van der Waals surface area (Å²) < 4.78 is 0. The van der Waals surface area contributed by atoms with Gasteiger partial charge in [0, 0.05) is 52.3 Å². The number of hydrogen-bond donors (Lipinski definition) is 0. The lowest BCUT2D eigenvalue weighted by atomic mass is 9.91. The number of nitrogens with zero attached hydrogens (tertiary/aromatic N) is 4. The normalized spacial score (nSPS) is 11.5. The summed E-state index contributed by atoms with van der Waals surface area (Å²) >= 11 is 0. The van der Waals surface area contributed by atoms with Crippen LogP contribution >= 0.6 is 0 Å². The maximum Gasteiger partial charge on any atom is 0.160 e. The fourth-order valence-electron chi connectivity index (χ4n) is 7.57. The van der Waals surface area contributed by atoms with Crippen molar-refractivity contribution in [2.45, 2.75) is 0 Å². The maximum atomic E-state index is 5.39. The Morgan fingerprint density at radius 1 is 0.308 bits per heavy atom. The molecule has 0 unspecified atom stereocenters. The lowest BCUT2D eigenvalue weighted by molar-refractivity contribution is 1.19. The first kappa shape index (κ1) is 29.8. The second kappa shape index (κ2) is 12.4. The van der Waals surface area contributed by atoms with Gasteiger partial charge in [0.05, 0.1) is 11.4 Å². The van der Waals surface area contributed by atoms with Gasteiger partial charge in [0.25, 0.3) is 0 Å². The lowest BCUT2D eigenvalue weighted by Crippen LogP contribution is -1.98. The van der Waals surface area contributed by atoms with E-state index in [-0.39, 0.29) is 0 Å². The van der Waals surface area contributed by atoms with Crippen molar-refractivity contribution < 1.29 is 0 Å². The van der Waals surface area contributed by atoms with Crippen LogP contribution in [0.25, 0.3) is 99.2 Å². The highest BCUT2D eigenvalue weighted by molar-refractivity contribution is 6.02. The van der Waals surface area contributed by atoms with Crippen molar-refractivity contribution in [2.24, 2.45) is 0 Å². The molecule has 0 aliphatic carbocycles. The molecule has 0 radical (unpaired) electrons. The smallest absolute Gasteiger partial charge is 0.160 e. The Kier molecular flexibility index (Phi) is 7.10. The van der Waals surface area contributed by atoms with Gasteiger partial charge in [-0.25, -0.2) is 9.97 Å². The number of fused-ring (bicyclic) bond motifs is 4. The van der Waals surface area contributed by atoms with Gasteiger partial charge in [-0.1, -0.05) is 121 Å². The highest BCUT2D eigenvalue weighted by Gasteiger charge is 2.17. The van der Waals surface area contributed by atoms with Crippen LogP contribution in [0.4, 0.5) is 0 Å². The first-order valence-corrected chi connectivity index (χ1v) is 17.4. The minimum absolute atomic E-state index is 0.667. The zero-order chi connectivity index (χ0) is 34.4. The van der Waals surface area contributed by atoms with Crippen LogP contribution in [-0.4, -0.2) is 19.9 Å². The van der Waals surface area contributed by atoms with E-state index in [0.717, 1.165) is 82.6 Å². The second-order valence-corrected chi connectivity index (χ2v) is 13.1. The SMILES string of the molecule is c1cc(-c2cc(-c3nc(-c4cccc5ccccc45)cc(-c4cccc5ccccc45)n3)cc(-c3cccc4cnccc34)c2)c2ccncc2c1. The van der Waals surface area contributed by atoms with E-state index < -0.39 is 0 Å². The van der Waals surface area contributed by atoms with Crippen LogP contribution in [0.5, 0.6) is 0 Å². The lowest BCUT2D eigenvalue weighted by Gasteiger charge is -2.16. The number of pyridine rings is 2. The molecule has 3 aromatic heterocycles. The molecule has 52 heavy (non-hydrogen) atoms. The van der Waals surface area contributed by atoms with Crippen LogP contribution in [0.2, 0.25) is 0 Å². The monoisotopic (exact) mass is 662 g/mol. The minimum Gasteiger partial charge on any atom is -0.264 e. The van der Waals surface area contributed by atoms with Crippen LogP contribution in [0, 0.1) is 0 Å². The van der Waals surface area contributed by atoms with Crippen molar-refractivity contribution in [3.63, 3.8) is 0 Å². The van der Waals surface area contributed by atoms with Crippen molar-refractivity contribution in [3.8, 4) is 56.2 Å². The van der Waals surface area contributed by atoms with Crippen molar-refractivity contribution in [2.75, 3.05) is 0 Å². The maximum absolute atomic E-state index is 5.39. The molecule has 4 heteroatoms. The van der Waals surface area contributed by atoms with Crippen LogP contribution in [0.3, 0.4) is 0 Å². The summed E-state index contributed by atoms with van der Waals surface area (Å²) in [6, 6.07) is 55.8. The molecule has 3 heterocycles. The van der Waals surface area contributed by atoms with Gasteiger partial charge in [0.2, 0.25) is 0 Å². The van der Waals surface area contributed by atoms with Gasteiger partial charge in [-0.05, 0) is 91.0 Å². The summed E-state index contributed by atoms with van der Waals surface area (Å²) in [4.78, 5) is 19.6. The first-order valence-electron chi connectivity index (χ1n) is 17.4. The number of aromatic nitrogens is 4. The molecule has 0 saturated carbocycles. The summed E-state index contributed by atoms with van der Waals surface area (Å²) in [6.45, 7) is 0. The number of benzene rings is 7. The van der Waals surface area contributed by atoms with E-state index in [0.29, 0.717) is 5.82 Å². The Morgan fingerprint density at radius 2 is 0.712 bits per heavy atom. The second-order valence-electron chi connectivity index (χ2n) is 13.1. The summed E-state index contributed by atoms with van der Waals surface area (Å²) in [7, 11) is 0. The summed E-state index contributed by atoms with van der Waals surface area (Å²) in [6.07, 6.45) is 7.58. The Hall–Kier alpha value is -7.04. The van der Waals surface area contributed by atoms with Crippen LogP contribution < -0.4 is 0 Å². The summed E-state index contributed by atoms with van der Waals surface area (Å²) in [5.74, 6) is 0.667. The van der Waals surface area contributed by atoms with Crippen molar-refractivity contribution in [1.82, 2.24) is 19.9 Å². The van der Waals surface area contributed by atoms with E-state index in [2.05, 4.69) is 168 Å². The van der Waals surface area contributed by atoms with Crippen molar-refractivity contribution >= 4 is 43.1 Å². The van der Waals surface area contributed by atoms with Gasteiger partial charge in [-0.2, -0.15) is 0 Å². The van der Waals surface area contributed by atoms with Gasteiger partial charge in [-0.3, -0.25) is 9.97 Å². The molecule has 0 bridgehead atoms. The molecule has 242 valence electrons. The molecule has 10 aromatic rings. The van der Waals surface area contributed by atoms with Crippen molar-refractivity contribution in [3.05, 3.63) is 183 Å². The molecule has 10 rings (SSSR count). The zero-order valence-electron chi connectivity index (χ0n) is 28.1. The number of hydrogen-bond acceptors (Lipinski definition) is 4. The fraction of sp³-hybridized carbons (Fsp3) is 0. The molecule has 0 atom stereocenters. The molecular formula is C48H30N4. The summed E-state index contributed by atoms with van der Waals surface area (Å²) in [5, 5.41) is 9.13. The average molecular weight is 663 g/mol. The van der Waals surface area contributed by atoms with E-state index in [1.54, 1.807) is 0 Å². The summed E-state index contributed by atoms with van der Waals surface area (Å²) in [5.41, 5.74) is 9.27. The molecular weight excluding hydrogens is 633 g/mol. The molecule has 0 N–H and O–H groups in total. The van der Waals surface area contributed by atoms with E-state index in [1.165, 1.54) is 10.8 Å². The topological polar surface area (TPSA) is 51.6 Å². The predicted octanol–water partition coefficient (Wildman–Crippen LogP) is 12.2. The molecule has 0 aliphatic rings. The van der Waals surface area contributed by atoms with Gasteiger partial charge in [0.1, 0.15) is 0 Å². The standard InChI is InChI=1S/C48H30N4/c1-3-15-38-31(9-1)11-5-19-44(38)46-28-47(45-20-6-12-32-10-2-4-16-39(32)45)52-48(51-46)37-26-35(40-17-7-13-33-29-49-23-21-42(33)40)25-36(27-37)41-18-8-14-34-30-50-24-22-43(34)41/h1-30H. The Labute approximate surface area is 300 Å². The molecule has 0 aliphatic heterocycles. The highest BCUT2D eigenvalue weighted by Crippen LogP contribution is 2.39. The third-order valence-electron chi connectivity index (χ3n) is 10.0. The van der Waals surface area contributed by atoms with E-state index in [9.17, 15) is 0 Å². The largest absolute Gasteiger partial charge is 0.264 e. The average Bonchev–Trinajstić information content (AvgIpc) is 3.22. The van der Waals surface area contributed by atoms with Gasteiger partial charge < -0.3 is 0 Å². The molecule has 7 aromatic carbocycles.